The summed E-state index contributed by atoms with van der Waals surface area (Å²) in [4.78, 5) is 18.6. The van der Waals surface area contributed by atoms with Crippen molar-refractivity contribution in [3.8, 4) is 17.0 Å². The second-order valence-electron chi connectivity index (χ2n) is 3.96. The third-order valence-corrected chi connectivity index (χ3v) is 2.84. The van der Waals surface area contributed by atoms with Gasteiger partial charge < -0.3 is 14.8 Å². The smallest absolute Gasteiger partial charge is 0.262 e. The minimum atomic E-state index is -0.402. The van der Waals surface area contributed by atoms with Gasteiger partial charge in [0.2, 0.25) is 5.88 Å². The van der Waals surface area contributed by atoms with Crippen molar-refractivity contribution in [2.45, 2.75) is 6.42 Å². The van der Waals surface area contributed by atoms with Crippen LogP contribution in [0, 0.1) is 0 Å². The second-order valence-corrected chi connectivity index (χ2v) is 4.40. The van der Waals surface area contributed by atoms with Crippen LogP contribution in [0.2, 0.25) is 5.02 Å². The highest BCUT2D eigenvalue weighted by Crippen LogP contribution is 2.25. The fourth-order valence-electron chi connectivity index (χ4n) is 1.73. The lowest BCUT2D eigenvalue weighted by atomic mass is 10.1. The summed E-state index contributed by atoms with van der Waals surface area (Å²) in [6.45, 7) is 0.416. The molecule has 0 spiro atoms. The van der Waals surface area contributed by atoms with Crippen LogP contribution in [0.1, 0.15) is 5.82 Å². The molecule has 100 valence electrons. The minimum absolute atomic E-state index is 0.115. The van der Waals surface area contributed by atoms with E-state index in [0.29, 0.717) is 29.4 Å². The quantitative estimate of drug-likeness (QED) is 0.898. The van der Waals surface area contributed by atoms with Crippen LogP contribution in [0.15, 0.2) is 29.1 Å². The van der Waals surface area contributed by atoms with E-state index in [1.54, 1.807) is 31.4 Å². The van der Waals surface area contributed by atoms with E-state index in [2.05, 4.69) is 9.97 Å². The molecule has 0 saturated heterocycles. The van der Waals surface area contributed by atoms with E-state index in [-0.39, 0.29) is 11.4 Å². The van der Waals surface area contributed by atoms with Crippen LogP contribution in [0.5, 0.6) is 5.88 Å². The molecule has 0 aliphatic heterocycles. The molecular weight excluding hydrogens is 268 g/mol. The number of hydrogen-bond donors (Lipinski definition) is 2. The Balaban J connectivity index is 2.45. The molecule has 0 fully saturated rings. The lowest BCUT2D eigenvalue weighted by Gasteiger charge is -2.06. The van der Waals surface area contributed by atoms with Crippen molar-refractivity contribution in [2.75, 3.05) is 13.7 Å². The molecule has 2 rings (SSSR count). The van der Waals surface area contributed by atoms with Gasteiger partial charge in [-0.05, 0) is 17.7 Å². The first-order chi connectivity index (χ1) is 9.11. The van der Waals surface area contributed by atoms with Crippen molar-refractivity contribution in [1.29, 1.82) is 0 Å². The average Bonchev–Trinajstić information content (AvgIpc) is 2.35. The summed E-state index contributed by atoms with van der Waals surface area (Å²) >= 11 is 5.87. The van der Waals surface area contributed by atoms with Gasteiger partial charge in [0.05, 0.1) is 6.61 Å². The van der Waals surface area contributed by atoms with Gasteiger partial charge in [-0.1, -0.05) is 23.7 Å². The molecule has 0 aliphatic rings. The highest BCUT2D eigenvalue weighted by atomic mass is 35.5. The normalized spacial score (nSPS) is 10.6. The lowest BCUT2D eigenvalue weighted by molar-refractivity contribution is 0.200. The summed E-state index contributed by atoms with van der Waals surface area (Å²) in [5, 5.41) is 10.4. The van der Waals surface area contributed by atoms with Gasteiger partial charge in [0.1, 0.15) is 11.4 Å². The molecule has 0 unspecified atom stereocenters. The fraction of sp³-hybridized carbons (Fsp3) is 0.231. The van der Waals surface area contributed by atoms with Gasteiger partial charge in [-0.3, -0.25) is 4.79 Å². The van der Waals surface area contributed by atoms with E-state index in [9.17, 15) is 9.90 Å². The Kier molecular flexibility index (Phi) is 4.19. The zero-order valence-corrected chi connectivity index (χ0v) is 11.1. The predicted octanol–water partition coefficient (Wildman–Crippen LogP) is 1.98. The maximum absolute atomic E-state index is 12.0. The Labute approximate surface area is 114 Å². The number of ether oxygens (including phenoxy) is 1. The molecule has 1 aromatic heterocycles. The number of aromatic amines is 1. The van der Waals surface area contributed by atoms with Crippen LogP contribution in [-0.2, 0) is 11.2 Å². The van der Waals surface area contributed by atoms with Crippen molar-refractivity contribution >= 4 is 11.6 Å². The second kappa shape index (κ2) is 5.86. The van der Waals surface area contributed by atoms with E-state index in [1.165, 1.54) is 0 Å². The maximum atomic E-state index is 12.0. The largest absolute Gasteiger partial charge is 0.493 e. The first-order valence-corrected chi connectivity index (χ1v) is 6.06. The molecule has 6 heteroatoms. The molecule has 0 aliphatic carbocycles. The molecule has 5 nitrogen and oxygen atoms in total. The van der Waals surface area contributed by atoms with Gasteiger partial charge in [-0.15, -0.1) is 0 Å². The van der Waals surface area contributed by atoms with Crippen LogP contribution in [0.3, 0.4) is 0 Å². The number of halogens is 1. The summed E-state index contributed by atoms with van der Waals surface area (Å²) < 4.78 is 4.89. The number of aromatic hydroxyl groups is 1. The third kappa shape index (κ3) is 3.13. The molecule has 0 bridgehead atoms. The van der Waals surface area contributed by atoms with Crippen LogP contribution in [0.25, 0.3) is 11.1 Å². The Morgan fingerprint density at radius 2 is 2.26 bits per heavy atom. The van der Waals surface area contributed by atoms with E-state index >= 15 is 0 Å². The first kappa shape index (κ1) is 13.6. The molecule has 1 aromatic carbocycles. The zero-order valence-electron chi connectivity index (χ0n) is 10.3. The minimum Gasteiger partial charge on any atom is -0.493 e. The molecule has 19 heavy (non-hydrogen) atoms. The van der Waals surface area contributed by atoms with Crippen molar-refractivity contribution < 1.29 is 9.84 Å². The Hall–Kier alpha value is -1.85. The van der Waals surface area contributed by atoms with Gasteiger partial charge in [0.25, 0.3) is 5.56 Å². The summed E-state index contributed by atoms with van der Waals surface area (Å²) in [6.07, 6.45) is 0.426. The molecule has 0 saturated carbocycles. The number of H-pyrrole nitrogens is 1. The number of nitrogens with one attached hydrogen (secondary N) is 1. The number of benzene rings is 1. The molecule has 0 amide bonds. The van der Waals surface area contributed by atoms with E-state index in [0.717, 1.165) is 0 Å². The number of methoxy groups -OCH3 is 1. The van der Waals surface area contributed by atoms with E-state index in [4.69, 9.17) is 16.3 Å². The van der Waals surface area contributed by atoms with Crippen LogP contribution in [-0.4, -0.2) is 28.8 Å². The Morgan fingerprint density at radius 3 is 2.89 bits per heavy atom. The van der Waals surface area contributed by atoms with Crippen LogP contribution < -0.4 is 5.56 Å². The average molecular weight is 281 g/mol. The Morgan fingerprint density at radius 1 is 1.47 bits per heavy atom. The van der Waals surface area contributed by atoms with Gasteiger partial charge in [-0.2, -0.15) is 4.98 Å². The van der Waals surface area contributed by atoms with Crippen LogP contribution >= 0.6 is 11.6 Å². The van der Waals surface area contributed by atoms with E-state index in [1.807, 2.05) is 0 Å². The highest BCUT2D eigenvalue weighted by molar-refractivity contribution is 6.30. The molecule has 0 radical (unpaired) electrons. The molecule has 2 aromatic rings. The van der Waals surface area contributed by atoms with Crippen molar-refractivity contribution in [2.24, 2.45) is 0 Å². The standard InChI is InChI=1S/C13H13ClN2O3/c1-19-6-5-10-15-12(17)11(13(18)16-10)8-3-2-4-9(14)7-8/h2-4,7H,5-6H2,1H3,(H2,15,16,17,18). The maximum Gasteiger partial charge on any atom is 0.262 e. The van der Waals surface area contributed by atoms with E-state index < -0.39 is 5.56 Å². The predicted molar refractivity (Wildman–Crippen MR) is 72.5 cm³/mol. The Bertz CT molecular complexity index is 640. The number of rotatable bonds is 4. The number of aromatic nitrogens is 2. The van der Waals surface area contributed by atoms with Gasteiger partial charge in [0.15, 0.2) is 0 Å². The summed E-state index contributed by atoms with van der Waals surface area (Å²) in [6, 6.07) is 6.68. The molecule has 0 atom stereocenters. The third-order valence-electron chi connectivity index (χ3n) is 2.61. The topological polar surface area (TPSA) is 75.2 Å². The van der Waals surface area contributed by atoms with Crippen molar-refractivity contribution in [3.05, 3.63) is 45.5 Å². The monoisotopic (exact) mass is 280 g/mol. The molecule has 2 N–H and O–H groups in total. The number of nitrogens with zero attached hydrogens (tertiary/aromatic N) is 1. The van der Waals surface area contributed by atoms with Crippen LogP contribution in [0.4, 0.5) is 0 Å². The molecule has 1 heterocycles. The first-order valence-electron chi connectivity index (χ1n) is 5.69. The van der Waals surface area contributed by atoms with Gasteiger partial charge >= 0.3 is 0 Å². The fourth-order valence-corrected chi connectivity index (χ4v) is 1.92. The summed E-state index contributed by atoms with van der Waals surface area (Å²) in [7, 11) is 1.55. The zero-order chi connectivity index (χ0) is 13.8. The molecular formula is C13H13ClN2O3. The highest BCUT2D eigenvalue weighted by Gasteiger charge is 2.13. The van der Waals surface area contributed by atoms with Crippen molar-refractivity contribution in [3.63, 3.8) is 0 Å². The van der Waals surface area contributed by atoms with Gasteiger partial charge in [-0.25, -0.2) is 0 Å². The number of hydrogen-bond acceptors (Lipinski definition) is 4. The van der Waals surface area contributed by atoms with Crippen molar-refractivity contribution in [1.82, 2.24) is 9.97 Å². The SMILES string of the molecule is COCCc1nc(O)c(-c2cccc(Cl)c2)c(=O)[nH]1. The summed E-state index contributed by atoms with van der Waals surface area (Å²) in [5.74, 6) is 0.0762. The lowest BCUT2D eigenvalue weighted by Crippen LogP contribution is -2.15. The summed E-state index contributed by atoms with van der Waals surface area (Å²) in [5.41, 5.74) is 0.238. The van der Waals surface area contributed by atoms with Gasteiger partial charge in [0, 0.05) is 18.6 Å².